The number of hydrogen-bond donors (Lipinski definition) is 1. The lowest BCUT2D eigenvalue weighted by atomic mass is 9.90. The molecular formula is C26H21BrClN3O3. The highest BCUT2D eigenvalue weighted by Crippen LogP contribution is 2.43. The van der Waals surface area contributed by atoms with Gasteiger partial charge in [-0.15, -0.1) is 0 Å². The van der Waals surface area contributed by atoms with Gasteiger partial charge in [0.15, 0.2) is 0 Å². The molecule has 0 bridgehead atoms. The molecule has 2 aliphatic rings. The molecule has 34 heavy (non-hydrogen) atoms. The topological polar surface area (TPSA) is 69.7 Å². The fourth-order valence-electron chi connectivity index (χ4n) is 4.64. The average Bonchev–Trinajstić information content (AvgIpc) is 3.36. The van der Waals surface area contributed by atoms with Gasteiger partial charge in [0, 0.05) is 10.0 Å². The molecule has 0 spiro atoms. The molecule has 6 nitrogen and oxygen atoms in total. The van der Waals surface area contributed by atoms with Crippen LogP contribution in [0.4, 0.5) is 5.69 Å². The standard InChI is InChI=1S/C26H21BrClN3O3/c1-2-15-10-12-16(13-11-15)22-21-23(31(29-22)24(32)17-6-5-7-18(27)14-17)26(34)30(25(21)33)20-9-4-3-8-19(20)28/h3-14,21-23,29H,2H2,1H3/t21-,22-,23+/m0/s1. The van der Waals surface area contributed by atoms with Crippen molar-refractivity contribution in [3.63, 3.8) is 0 Å². The summed E-state index contributed by atoms with van der Waals surface area (Å²) < 4.78 is 0.743. The van der Waals surface area contributed by atoms with E-state index in [1.54, 1.807) is 42.5 Å². The highest BCUT2D eigenvalue weighted by Gasteiger charge is 2.60. The molecule has 3 aromatic rings. The van der Waals surface area contributed by atoms with Crippen LogP contribution in [-0.4, -0.2) is 28.8 Å². The van der Waals surface area contributed by atoms with E-state index in [-0.39, 0.29) is 11.8 Å². The summed E-state index contributed by atoms with van der Waals surface area (Å²) in [7, 11) is 0. The van der Waals surface area contributed by atoms with Gasteiger partial charge in [-0.1, -0.05) is 76.9 Å². The van der Waals surface area contributed by atoms with E-state index in [4.69, 9.17) is 11.6 Å². The minimum Gasteiger partial charge on any atom is -0.274 e. The Morgan fingerprint density at radius 3 is 2.41 bits per heavy atom. The van der Waals surface area contributed by atoms with Gasteiger partial charge in [-0.2, -0.15) is 0 Å². The fraction of sp³-hybridized carbons (Fsp3) is 0.192. The van der Waals surface area contributed by atoms with Crippen LogP contribution in [0.1, 0.15) is 34.5 Å². The maximum atomic E-state index is 13.7. The molecule has 0 saturated carbocycles. The van der Waals surface area contributed by atoms with Gasteiger partial charge < -0.3 is 0 Å². The number of amides is 3. The van der Waals surface area contributed by atoms with Crippen molar-refractivity contribution in [1.29, 1.82) is 0 Å². The number of fused-ring (bicyclic) bond motifs is 1. The van der Waals surface area contributed by atoms with Crippen molar-refractivity contribution < 1.29 is 14.4 Å². The van der Waals surface area contributed by atoms with Crippen molar-refractivity contribution in [2.45, 2.75) is 25.4 Å². The van der Waals surface area contributed by atoms with Crippen LogP contribution < -0.4 is 10.3 Å². The van der Waals surface area contributed by atoms with Gasteiger partial charge in [-0.25, -0.2) is 10.3 Å². The molecular weight excluding hydrogens is 518 g/mol. The first-order chi connectivity index (χ1) is 16.4. The Labute approximate surface area is 210 Å². The SMILES string of the molecule is CCc1ccc([C@@H]2NN(C(=O)c3cccc(Br)c3)[C@H]3C(=O)N(c4ccccc4Cl)C(=O)[C@@H]23)cc1. The van der Waals surface area contributed by atoms with E-state index in [0.717, 1.165) is 26.9 Å². The minimum atomic E-state index is -0.994. The zero-order chi connectivity index (χ0) is 24.0. The highest BCUT2D eigenvalue weighted by molar-refractivity contribution is 9.10. The Balaban J connectivity index is 1.59. The van der Waals surface area contributed by atoms with Crippen molar-refractivity contribution in [2.75, 3.05) is 4.90 Å². The van der Waals surface area contributed by atoms with Crippen LogP contribution in [0.3, 0.4) is 0 Å². The third-order valence-corrected chi connectivity index (χ3v) is 7.18. The number of rotatable bonds is 4. The molecule has 1 N–H and O–H groups in total. The first kappa shape index (κ1) is 22.8. The number of nitrogens with zero attached hydrogens (tertiary/aromatic N) is 2. The predicted octanol–water partition coefficient (Wildman–Crippen LogP) is 4.92. The van der Waals surface area contributed by atoms with Crippen molar-refractivity contribution in [3.8, 4) is 0 Å². The van der Waals surface area contributed by atoms with Crippen molar-refractivity contribution in [1.82, 2.24) is 10.4 Å². The van der Waals surface area contributed by atoms with Gasteiger partial charge in [-0.3, -0.25) is 19.4 Å². The number of nitrogens with one attached hydrogen (secondary N) is 1. The number of hydrogen-bond acceptors (Lipinski definition) is 4. The summed E-state index contributed by atoms with van der Waals surface area (Å²) in [6.45, 7) is 2.07. The molecule has 0 radical (unpaired) electrons. The molecule has 0 aromatic heterocycles. The summed E-state index contributed by atoms with van der Waals surface area (Å²) in [6.07, 6.45) is 0.885. The number of anilines is 1. The van der Waals surface area contributed by atoms with E-state index in [1.165, 1.54) is 5.01 Å². The van der Waals surface area contributed by atoms with Gasteiger partial charge in [0.25, 0.3) is 11.8 Å². The van der Waals surface area contributed by atoms with Gasteiger partial charge in [0.1, 0.15) is 6.04 Å². The quantitative estimate of drug-likeness (QED) is 0.479. The summed E-state index contributed by atoms with van der Waals surface area (Å²) in [5, 5.41) is 1.60. The summed E-state index contributed by atoms with van der Waals surface area (Å²) in [5.41, 5.74) is 5.90. The molecule has 2 saturated heterocycles. The molecule has 2 heterocycles. The van der Waals surface area contributed by atoms with E-state index in [1.807, 2.05) is 30.3 Å². The van der Waals surface area contributed by atoms with Crippen LogP contribution in [0, 0.1) is 5.92 Å². The number of carbonyl (C=O) groups is 3. The van der Waals surface area contributed by atoms with E-state index >= 15 is 0 Å². The highest BCUT2D eigenvalue weighted by atomic mass is 79.9. The number of benzene rings is 3. The van der Waals surface area contributed by atoms with Crippen LogP contribution in [0.5, 0.6) is 0 Å². The maximum Gasteiger partial charge on any atom is 0.268 e. The predicted molar refractivity (Wildman–Crippen MR) is 133 cm³/mol. The second kappa shape index (κ2) is 8.98. The Bertz CT molecular complexity index is 1300. The zero-order valence-corrected chi connectivity index (χ0v) is 20.6. The lowest BCUT2D eigenvalue weighted by Crippen LogP contribution is -2.48. The zero-order valence-electron chi connectivity index (χ0n) is 18.2. The molecule has 172 valence electrons. The van der Waals surface area contributed by atoms with Crippen LogP contribution in [0.2, 0.25) is 5.02 Å². The van der Waals surface area contributed by atoms with Crippen LogP contribution in [0.25, 0.3) is 0 Å². The van der Waals surface area contributed by atoms with E-state index in [0.29, 0.717) is 16.3 Å². The van der Waals surface area contributed by atoms with Gasteiger partial charge in [-0.05, 0) is 47.9 Å². The molecule has 2 fully saturated rings. The third kappa shape index (κ3) is 3.74. The van der Waals surface area contributed by atoms with Crippen molar-refractivity contribution >= 4 is 50.9 Å². The summed E-state index contributed by atoms with van der Waals surface area (Å²) in [6, 6.07) is 20.0. The lowest BCUT2D eigenvalue weighted by Gasteiger charge is -2.25. The number of carbonyl (C=O) groups excluding carboxylic acids is 3. The van der Waals surface area contributed by atoms with Crippen LogP contribution >= 0.6 is 27.5 Å². The Morgan fingerprint density at radius 2 is 1.74 bits per heavy atom. The normalized spacial score (nSPS) is 21.8. The summed E-state index contributed by atoms with van der Waals surface area (Å²) in [4.78, 5) is 42.0. The van der Waals surface area contributed by atoms with E-state index in [9.17, 15) is 14.4 Å². The number of halogens is 2. The Hall–Kier alpha value is -3.00. The monoisotopic (exact) mass is 537 g/mol. The molecule has 2 aliphatic heterocycles. The van der Waals surface area contributed by atoms with Crippen molar-refractivity contribution in [3.05, 3.63) is 99.0 Å². The smallest absolute Gasteiger partial charge is 0.268 e. The minimum absolute atomic E-state index is 0.297. The molecule has 0 unspecified atom stereocenters. The average molecular weight is 539 g/mol. The molecule has 3 atom stereocenters. The summed E-state index contributed by atoms with van der Waals surface area (Å²) in [5.74, 6) is -2.03. The maximum absolute atomic E-state index is 13.7. The second-order valence-electron chi connectivity index (χ2n) is 8.32. The number of para-hydroxylation sites is 1. The number of hydrazine groups is 1. The van der Waals surface area contributed by atoms with Gasteiger partial charge in [0.05, 0.1) is 22.7 Å². The summed E-state index contributed by atoms with van der Waals surface area (Å²) >= 11 is 9.74. The van der Waals surface area contributed by atoms with Crippen molar-refractivity contribution in [2.24, 2.45) is 5.92 Å². The third-order valence-electron chi connectivity index (χ3n) is 6.37. The molecule has 3 amide bonds. The van der Waals surface area contributed by atoms with Crippen LogP contribution in [0.15, 0.2) is 77.3 Å². The Morgan fingerprint density at radius 1 is 1.00 bits per heavy atom. The molecule has 0 aliphatic carbocycles. The second-order valence-corrected chi connectivity index (χ2v) is 9.64. The largest absolute Gasteiger partial charge is 0.274 e. The first-order valence-corrected chi connectivity index (χ1v) is 12.1. The molecule has 3 aromatic carbocycles. The molecule has 5 rings (SSSR count). The van der Waals surface area contributed by atoms with Gasteiger partial charge >= 0.3 is 0 Å². The first-order valence-electron chi connectivity index (χ1n) is 11.0. The van der Waals surface area contributed by atoms with E-state index in [2.05, 4.69) is 28.3 Å². The number of aryl methyl sites for hydroxylation is 1. The van der Waals surface area contributed by atoms with E-state index < -0.39 is 23.9 Å². The Kier molecular flexibility index (Phi) is 6.02. The lowest BCUT2D eigenvalue weighted by molar-refractivity contribution is -0.123. The van der Waals surface area contributed by atoms with Crippen LogP contribution in [-0.2, 0) is 16.0 Å². The van der Waals surface area contributed by atoms with Gasteiger partial charge in [0.2, 0.25) is 5.91 Å². The number of imide groups is 1. The molecule has 8 heteroatoms. The fourth-order valence-corrected chi connectivity index (χ4v) is 5.26.